The second-order valence-electron chi connectivity index (χ2n) is 8.39. The van der Waals surface area contributed by atoms with Crippen molar-refractivity contribution in [1.82, 2.24) is 24.9 Å². The molecule has 0 spiro atoms. The van der Waals surface area contributed by atoms with Crippen LogP contribution in [0.5, 0.6) is 5.75 Å². The standard InChI is InChI=1S/C22H25FN6O3/c23-15-10-14(11-24-12-15)18-2-1-8-28(18)20-7-9-29-21(27-20)19(13-25-29)32-22(31)26-16-3-5-17(30)6-4-16/h7,9-13,16-18,30H,1-6,8H2,(H,26,31)/t16-,17+,18-/m1/s1. The molecule has 32 heavy (non-hydrogen) atoms. The monoisotopic (exact) mass is 440 g/mol. The van der Waals surface area contributed by atoms with E-state index >= 15 is 0 Å². The second kappa shape index (κ2) is 8.70. The number of aliphatic hydroxyl groups is 1. The fourth-order valence-corrected chi connectivity index (χ4v) is 4.58. The van der Waals surface area contributed by atoms with E-state index in [0.29, 0.717) is 24.3 Å². The summed E-state index contributed by atoms with van der Waals surface area (Å²) in [6, 6.07) is 3.32. The van der Waals surface area contributed by atoms with Gasteiger partial charge in [-0.05, 0) is 56.2 Å². The van der Waals surface area contributed by atoms with E-state index in [1.54, 1.807) is 16.9 Å². The summed E-state index contributed by atoms with van der Waals surface area (Å²) in [5.41, 5.74) is 1.24. The van der Waals surface area contributed by atoms with E-state index in [1.165, 1.54) is 18.5 Å². The lowest BCUT2D eigenvalue weighted by atomic mass is 9.93. The number of nitrogens with zero attached hydrogens (tertiary/aromatic N) is 5. The summed E-state index contributed by atoms with van der Waals surface area (Å²) in [4.78, 5) is 23.2. The molecule has 0 aromatic carbocycles. The van der Waals surface area contributed by atoms with Crippen LogP contribution in [-0.4, -0.2) is 49.5 Å². The zero-order chi connectivity index (χ0) is 22.1. The third kappa shape index (κ3) is 4.22. The molecule has 3 aromatic rings. The van der Waals surface area contributed by atoms with Crippen molar-refractivity contribution in [2.75, 3.05) is 11.4 Å². The zero-order valence-corrected chi connectivity index (χ0v) is 17.5. The van der Waals surface area contributed by atoms with E-state index in [0.717, 1.165) is 37.8 Å². The van der Waals surface area contributed by atoms with Crippen LogP contribution >= 0.6 is 0 Å². The molecule has 0 bridgehead atoms. The molecule has 0 unspecified atom stereocenters. The van der Waals surface area contributed by atoms with E-state index in [4.69, 9.17) is 9.72 Å². The van der Waals surface area contributed by atoms with Gasteiger partial charge in [0.05, 0.1) is 24.5 Å². The Hall–Kier alpha value is -3.27. The number of amides is 1. The van der Waals surface area contributed by atoms with Crippen molar-refractivity contribution >= 4 is 17.6 Å². The highest BCUT2D eigenvalue weighted by Gasteiger charge is 2.28. The molecular formula is C22H25FN6O3. The summed E-state index contributed by atoms with van der Waals surface area (Å²) >= 11 is 0. The first kappa shape index (κ1) is 20.6. The van der Waals surface area contributed by atoms with Crippen LogP contribution < -0.4 is 15.0 Å². The third-order valence-electron chi connectivity index (χ3n) is 6.20. The van der Waals surface area contributed by atoms with Gasteiger partial charge in [0.25, 0.3) is 0 Å². The Morgan fingerprint density at radius 2 is 2.03 bits per heavy atom. The molecule has 3 aromatic heterocycles. The van der Waals surface area contributed by atoms with Crippen LogP contribution in [0.2, 0.25) is 0 Å². The zero-order valence-electron chi connectivity index (χ0n) is 17.5. The molecule has 5 rings (SSSR count). The Balaban J connectivity index is 1.34. The van der Waals surface area contributed by atoms with Gasteiger partial charge in [-0.2, -0.15) is 5.10 Å². The first-order chi connectivity index (χ1) is 15.6. The fourth-order valence-electron chi connectivity index (χ4n) is 4.58. The number of rotatable bonds is 4. The largest absolute Gasteiger partial charge is 0.413 e. The maximum atomic E-state index is 13.7. The van der Waals surface area contributed by atoms with Crippen molar-refractivity contribution in [3.8, 4) is 5.75 Å². The Bertz CT molecular complexity index is 1110. The molecule has 1 amide bonds. The summed E-state index contributed by atoms with van der Waals surface area (Å²) in [5, 5.41) is 16.7. The van der Waals surface area contributed by atoms with Crippen molar-refractivity contribution in [2.45, 2.75) is 56.7 Å². The molecule has 4 heterocycles. The fraction of sp³-hybridized carbons (Fsp3) is 0.455. The lowest BCUT2D eigenvalue weighted by Gasteiger charge is -2.26. The minimum absolute atomic E-state index is 0.0125. The third-order valence-corrected chi connectivity index (χ3v) is 6.20. The van der Waals surface area contributed by atoms with E-state index in [2.05, 4.69) is 20.3 Å². The number of anilines is 1. The molecule has 2 aliphatic rings. The highest BCUT2D eigenvalue weighted by Crippen LogP contribution is 2.35. The molecular weight excluding hydrogens is 415 g/mol. The Morgan fingerprint density at radius 1 is 1.19 bits per heavy atom. The van der Waals surface area contributed by atoms with Crippen molar-refractivity contribution < 1.29 is 19.0 Å². The van der Waals surface area contributed by atoms with Crippen LogP contribution in [0.1, 0.15) is 50.1 Å². The molecule has 1 aliphatic heterocycles. The van der Waals surface area contributed by atoms with Gasteiger partial charge in [0.1, 0.15) is 11.6 Å². The lowest BCUT2D eigenvalue weighted by Crippen LogP contribution is -2.40. The predicted molar refractivity (Wildman–Crippen MR) is 114 cm³/mol. The quantitative estimate of drug-likeness (QED) is 0.643. The summed E-state index contributed by atoms with van der Waals surface area (Å²) in [7, 11) is 0. The number of aromatic nitrogens is 4. The summed E-state index contributed by atoms with van der Waals surface area (Å²) in [6.07, 6.45) is 9.89. The van der Waals surface area contributed by atoms with Crippen LogP contribution in [0.25, 0.3) is 5.65 Å². The molecule has 2 N–H and O–H groups in total. The lowest BCUT2D eigenvalue weighted by molar-refractivity contribution is 0.115. The average molecular weight is 440 g/mol. The highest BCUT2D eigenvalue weighted by molar-refractivity contribution is 5.73. The van der Waals surface area contributed by atoms with Gasteiger partial charge < -0.3 is 20.1 Å². The number of nitrogens with one attached hydrogen (secondary N) is 1. The Labute approximate surface area is 184 Å². The van der Waals surface area contributed by atoms with Gasteiger partial charge in [0.15, 0.2) is 5.75 Å². The van der Waals surface area contributed by atoms with Gasteiger partial charge >= 0.3 is 6.09 Å². The van der Waals surface area contributed by atoms with E-state index in [1.807, 2.05) is 6.07 Å². The van der Waals surface area contributed by atoms with Crippen LogP contribution in [-0.2, 0) is 0 Å². The van der Waals surface area contributed by atoms with Crippen LogP contribution in [0.4, 0.5) is 15.0 Å². The summed E-state index contributed by atoms with van der Waals surface area (Å²) in [6.45, 7) is 0.780. The topological polar surface area (TPSA) is 105 Å². The number of ether oxygens (including phenoxy) is 1. The number of pyridine rings is 1. The minimum atomic E-state index is -0.557. The minimum Gasteiger partial charge on any atom is -0.405 e. The molecule has 0 radical (unpaired) electrons. The molecule has 168 valence electrons. The maximum absolute atomic E-state index is 13.7. The highest BCUT2D eigenvalue weighted by atomic mass is 19.1. The van der Waals surface area contributed by atoms with Crippen LogP contribution in [0.15, 0.2) is 36.9 Å². The van der Waals surface area contributed by atoms with E-state index < -0.39 is 6.09 Å². The normalized spacial score (nSPS) is 23.4. The maximum Gasteiger partial charge on any atom is 0.413 e. The number of carbonyl (C=O) groups excluding carboxylic acids is 1. The van der Waals surface area contributed by atoms with Gasteiger partial charge in [-0.3, -0.25) is 4.98 Å². The van der Waals surface area contributed by atoms with Crippen molar-refractivity contribution in [2.24, 2.45) is 0 Å². The molecule has 1 atom stereocenters. The van der Waals surface area contributed by atoms with E-state index in [9.17, 15) is 14.3 Å². The first-order valence-corrected chi connectivity index (χ1v) is 10.9. The van der Waals surface area contributed by atoms with Gasteiger partial charge in [0, 0.05) is 25.0 Å². The SMILES string of the molecule is O=C(N[C@H]1CC[C@@H](O)CC1)Oc1cnn2ccc(N3CCC[C@@H]3c3cncc(F)c3)nc12. The first-order valence-electron chi connectivity index (χ1n) is 10.9. The number of carbonyl (C=O) groups is 1. The summed E-state index contributed by atoms with van der Waals surface area (Å²) < 4.78 is 20.8. The van der Waals surface area contributed by atoms with Crippen LogP contribution in [0, 0.1) is 5.82 Å². The molecule has 10 heteroatoms. The van der Waals surface area contributed by atoms with Crippen molar-refractivity contribution in [3.63, 3.8) is 0 Å². The molecule has 1 aliphatic carbocycles. The Kier molecular flexibility index (Phi) is 5.60. The number of hydrogen-bond donors (Lipinski definition) is 2. The molecule has 1 saturated heterocycles. The number of fused-ring (bicyclic) bond motifs is 1. The summed E-state index contributed by atoms with van der Waals surface area (Å²) in [5.74, 6) is 0.613. The van der Waals surface area contributed by atoms with Crippen molar-refractivity contribution in [1.29, 1.82) is 0 Å². The molecule has 1 saturated carbocycles. The van der Waals surface area contributed by atoms with Gasteiger partial charge in [-0.15, -0.1) is 0 Å². The second-order valence-corrected chi connectivity index (χ2v) is 8.39. The van der Waals surface area contributed by atoms with Crippen molar-refractivity contribution in [3.05, 3.63) is 48.3 Å². The number of halogens is 1. The Morgan fingerprint density at radius 3 is 2.84 bits per heavy atom. The van der Waals surface area contributed by atoms with Gasteiger partial charge in [0.2, 0.25) is 5.65 Å². The van der Waals surface area contributed by atoms with Gasteiger partial charge in [-0.25, -0.2) is 18.7 Å². The average Bonchev–Trinajstić information content (AvgIpc) is 3.43. The van der Waals surface area contributed by atoms with Crippen LogP contribution in [0.3, 0.4) is 0 Å². The number of hydrogen-bond acceptors (Lipinski definition) is 7. The van der Waals surface area contributed by atoms with Gasteiger partial charge in [-0.1, -0.05) is 0 Å². The molecule has 9 nitrogen and oxygen atoms in total. The number of aliphatic hydroxyl groups excluding tert-OH is 1. The smallest absolute Gasteiger partial charge is 0.405 e. The molecule has 2 fully saturated rings. The van der Waals surface area contributed by atoms with E-state index in [-0.39, 0.29) is 29.8 Å². The predicted octanol–water partition coefficient (Wildman–Crippen LogP) is 3.00.